The van der Waals surface area contributed by atoms with Gasteiger partial charge in [-0.15, -0.1) is 0 Å². The number of primary amides is 1. The summed E-state index contributed by atoms with van der Waals surface area (Å²) in [5, 5.41) is 6.43. The quantitative estimate of drug-likeness (QED) is 0.143. The van der Waals surface area contributed by atoms with Gasteiger partial charge >= 0.3 is 11.9 Å². The van der Waals surface area contributed by atoms with E-state index in [0.717, 1.165) is 0 Å². The molecule has 11 heteroatoms. The van der Waals surface area contributed by atoms with Crippen molar-refractivity contribution in [3.05, 3.63) is 24.0 Å². The summed E-state index contributed by atoms with van der Waals surface area (Å²) in [5.41, 5.74) is 3.50. The summed E-state index contributed by atoms with van der Waals surface area (Å²) < 4.78 is 11.5. The maximum Gasteiger partial charge on any atom is 0.343 e. The van der Waals surface area contributed by atoms with Gasteiger partial charge < -0.3 is 44.5 Å². The largest absolute Gasteiger partial charge is 1.00 e. The molecule has 0 unspecified atom stereocenters. The van der Waals surface area contributed by atoms with Crippen molar-refractivity contribution in [1.29, 1.82) is 0 Å². The van der Waals surface area contributed by atoms with Crippen LogP contribution >= 0.6 is 0 Å². The van der Waals surface area contributed by atoms with Gasteiger partial charge in [-0.05, 0) is 25.4 Å². The monoisotopic (exact) mass is 508 g/mol. The van der Waals surface area contributed by atoms with E-state index >= 15 is 0 Å². The van der Waals surface area contributed by atoms with E-state index < -0.39 is 29.3 Å². The molecule has 2 amide bonds. The van der Waals surface area contributed by atoms with Gasteiger partial charge in [-0.1, -0.05) is 4.68 Å². The van der Waals surface area contributed by atoms with Crippen molar-refractivity contribution in [3.63, 3.8) is 0 Å². The molecule has 0 spiro atoms. The maximum absolute atomic E-state index is 12.5. The first-order chi connectivity index (χ1) is 12.8. The number of nitrogens with one attached hydrogen (secondary N) is 1. The second-order valence-corrected chi connectivity index (χ2v) is 5.67. The van der Waals surface area contributed by atoms with Crippen molar-refractivity contribution in [2.24, 2.45) is 5.73 Å². The third-order valence-electron chi connectivity index (χ3n) is 3.63. The van der Waals surface area contributed by atoms with E-state index in [4.69, 9.17) is 15.2 Å². The molecule has 1 rings (SSSR count). The van der Waals surface area contributed by atoms with Crippen molar-refractivity contribution >= 4 is 23.8 Å². The smallest absolute Gasteiger partial charge is 0.343 e. The minimum atomic E-state index is -1.93. The number of amides is 2. The van der Waals surface area contributed by atoms with Gasteiger partial charge in [0.25, 0.3) is 5.91 Å². The van der Waals surface area contributed by atoms with Gasteiger partial charge in [-0.25, -0.2) is 9.59 Å². The number of aromatic nitrogens is 2. The minimum absolute atomic E-state index is 0. The summed E-state index contributed by atoms with van der Waals surface area (Å²) in [6, 6.07) is 1.51. The Morgan fingerprint density at radius 2 is 1.75 bits per heavy atom. The molecule has 156 valence electrons. The highest BCUT2D eigenvalue weighted by Crippen LogP contribution is 2.18. The lowest BCUT2D eigenvalue weighted by atomic mass is 9.93. The molecular weight excluding hydrogens is 483 g/mol. The predicted molar refractivity (Wildman–Crippen MR) is 92.0 cm³/mol. The van der Waals surface area contributed by atoms with Crippen LogP contribution in [0.2, 0.25) is 0 Å². The number of hydrogen-bond acceptors (Lipinski definition) is 7. The molecule has 0 aromatic carbocycles. The Morgan fingerprint density at radius 3 is 2.14 bits per heavy atom. The van der Waals surface area contributed by atoms with Crippen LogP contribution in [0.1, 0.15) is 44.0 Å². The van der Waals surface area contributed by atoms with Gasteiger partial charge in [0.15, 0.2) is 12.7 Å². The van der Waals surface area contributed by atoms with Gasteiger partial charge in [0, 0.05) is 19.4 Å². The summed E-state index contributed by atoms with van der Waals surface area (Å²) in [5.74, 6) is -2.90. The van der Waals surface area contributed by atoms with E-state index in [1.54, 1.807) is 20.0 Å². The predicted octanol–water partition coefficient (Wildman–Crippen LogP) is -3.75. The van der Waals surface area contributed by atoms with Crippen LogP contribution in [-0.4, -0.2) is 47.6 Å². The van der Waals surface area contributed by atoms with Crippen LogP contribution in [0.15, 0.2) is 18.5 Å². The first-order valence-corrected chi connectivity index (χ1v) is 8.55. The fourth-order valence-corrected chi connectivity index (χ4v) is 2.43. The summed E-state index contributed by atoms with van der Waals surface area (Å²) in [6.45, 7) is 4.81. The van der Waals surface area contributed by atoms with Crippen molar-refractivity contribution in [2.45, 2.75) is 45.7 Å². The second-order valence-electron chi connectivity index (χ2n) is 5.67. The number of hydrogen-bond donors (Lipinski definition) is 2. The normalized spacial score (nSPS) is 10.4. The molecule has 0 radical (unpaired) electrons. The first kappa shape index (κ1) is 25.7. The molecule has 0 aliphatic carbocycles. The summed E-state index contributed by atoms with van der Waals surface area (Å²) in [6.07, 6.45) is 3.12. The van der Waals surface area contributed by atoms with Crippen molar-refractivity contribution in [2.75, 3.05) is 13.2 Å². The second kappa shape index (κ2) is 12.2. The van der Waals surface area contributed by atoms with Crippen molar-refractivity contribution in [3.8, 4) is 0 Å². The number of carbonyl (C=O) groups excluding carboxylic acids is 4. The summed E-state index contributed by atoms with van der Waals surface area (Å²) >= 11 is 0. The third-order valence-corrected chi connectivity index (χ3v) is 3.63. The number of carbonyl (C=O) groups is 4. The lowest BCUT2D eigenvalue weighted by molar-refractivity contribution is -0.754. The molecular formula is C17H25IN4O6. The number of ether oxygens (including phenoxy) is 2. The number of nitrogens with two attached hydrogens (primary N) is 1. The first-order valence-electron chi connectivity index (χ1n) is 8.55. The summed E-state index contributed by atoms with van der Waals surface area (Å²) in [7, 11) is 0. The molecule has 10 nitrogen and oxygen atoms in total. The number of nitrogens with zero attached hydrogens (tertiary/aromatic N) is 2. The van der Waals surface area contributed by atoms with Gasteiger partial charge in [-0.2, -0.15) is 0 Å². The highest BCUT2D eigenvalue weighted by atomic mass is 127. The Labute approximate surface area is 180 Å². The van der Waals surface area contributed by atoms with E-state index in [1.165, 1.54) is 23.9 Å². The average molecular weight is 508 g/mol. The van der Waals surface area contributed by atoms with Crippen LogP contribution in [0.3, 0.4) is 0 Å². The molecule has 0 atom stereocenters. The van der Waals surface area contributed by atoms with Gasteiger partial charge in [-0.3, -0.25) is 9.59 Å². The van der Waals surface area contributed by atoms with Crippen LogP contribution in [-0.2, 0) is 30.4 Å². The Balaban J connectivity index is 0.00000729. The fraction of sp³-hybridized carbons (Fsp3) is 0.529. The van der Waals surface area contributed by atoms with Crippen LogP contribution in [0.5, 0.6) is 0 Å². The number of aryl methyl sites for hydroxylation is 1. The molecule has 0 aliphatic heterocycles. The lowest BCUT2D eigenvalue weighted by Gasteiger charge is -2.29. The zero-order valence-electron chi connectivity index (χ0n) is 16.1. The molecule has 28 heavy (non-hydrogen) atoms. The van der Waals surface area contributed by atoms with E-state index in [1.807, 2.05) is 0 Å². The summed E-state index contributed by atoms with van der Waals surface area (Å²) in [4.78, 5) is 47.6. The molecule has 1 heterocycles. The molecule has 0 saturated heterocycles. The molecule has 0 fully saturated rings. The van der Waals surface area contributed by atoms with Crippen LogP contribution in [0.4, 0.5) is 0 Å². The van der Waals surface area contributed by atoms with Gasteiger partial charge in [0.1, 0.15) is 6.20 Å². The van der Waals surface area contributed by atoms with E-state index in [0.29, 0.717) is 13.0 Å². The van der Waals surface area contributed by atoms with Crippen molar-refractivity contribution in [1.82, 2.24) is 10.4 Å². The minimum Gasteiger partial charge on any atom is -1.00 e. The molecule has 0 aliphatic rings. The third kappa shape index (κ3) is 7.02. The Morgan fingerprint density at radius 1 is 1.18 bits per heavy atom. The molecule has 3 N–H and O–H groups in total. The van der Waals surface area contributed by atoms with E-state index in [2.05, 4.69) is 10.4 Å². The number of halogens is 1. The molecule has 0 saturated carbocycles. The maximum atomic E-state index is 12.5. The Bertz CT molecular complexity index is 677. The topological polar surface area (TPSA) is 142 Å². The van der Waals surface area contributed by atoms with Crippen LogP contribution in [0, 0.1) is 0 Å². The zero-order chi connectivity index (χ0) is 20.4. The van der Waals surface area contributed by atoms with Gasteiger partial charge in [0.2, 0.25) is 11.4 Å². The lowest BCUT2D eigenvalue weighted by Crippen LogP contribution is -3.00. The van der Waals surface area contributed by atoms with E-state index in [9.17, 15) is 19.2 Å². The number of rotatable bonds is 10. The zero-order valence-corrected chi connectivity index (χ0v) is 18.2. The molecule has 1 aromatic heterocycles. The SMILES string of the molecule is CCOC(=O)C(CCC[n+]1ccc(C(N)=O)cn1)(NC(C)=O)C(=O)OCC.[I-]. The Kier molecular flexibility index (Phi) is 11.2. The van der Waals surface area contributed by atoms with Crippen molar-refractivity contribution < 1.29 is 57.3 Å². The fourth-order valence-electron chi connectivity index (χ4n) is 2.43. The molecule has 1 aromatic rings. The average Bonchev–Trinajstić information content (AvgIpc) is 2.61. The van der Waals surface area contributed by atoms with Crippen LogP contribution < -0.4 is 39.7 Å². The highest BCUT2D eigenvalue weighted by molar-refractivity contribution is 6.07. The highest BCUT2D eigenvalue weighted by Gasteiger charge is 2.49. The molecule has 0 bridgehead atoms. The Hall–Kier alpha value is -2.31. The standard InChI is InChI=1S/C17H24N4O6.HI/c1-4-26-15(24)17(20-12(3)22,16(25)27-5-2)8-6-9-21-10-7-13(11-19-21)14(18)23;/h7,10-11H,4-6,8-9H2,1-3H3,(H2-,18,20,22,23);1H. The van der Waals surface area contributed by atoms with Gasteiger partial charge in [0.05, 0.1) is 18.8 Å². The number of esters is 2. The van der Waals surface area contributed by atoms with Crippen LogP contribution in [0.25, 0.3) is 0 Å². The van der Waals surface area contributed by atoms with E-state index in [-0.39, 0.29) is 49.2 Å².